The average Bonchev–Trinajstić information content (AvgIpc) is 1.57. The van der Waals surface area contributed by atoms with Gasteiger partial charge in [0.15, 0.2) is 17.3 Å². The van der Waals surface area contributed by atoms with Crippen molar-refractivity contribution in [2.24, 2.45) is 23.7 Å². The number of hydrogen-bond acceptors (Lipinski definition) is 21. The summed E-state index contributed by atoms with van der Waals surface area (Å²) in [5.41, 5.74) is 16.1. The largest absolute Gasteiger partial charge is 0.489 e. The highest BCUT2D eigenvalue weighted by molar-refractivity contribution is 6.31. The summed E-state index contributed by atoms with van der Waals surface area (Å²) in [5.74, 6) is 1.33. The molecule has 0 spiro atoms. The number of benzene rings is 8. The Morgan fingerprint density at radius 3 is 1.26 bits per heavy atom. The molecule has 21 rings (SSSR count). The van der Waals surface area contributed by atoms with Crippen molar-refractivity contribution < 1.29 is 106 Å². The summed E-state index contributed by atoms with van der Waals surface area (Å²) < 4.78 is 181. The number of anilines is 2. The number of imidazole rings is 1. The van der Waals surface area contributed by atoms with Crippen molar-refractivity contribution in [2.75, 3.05) is 18.5 Å². The summed E-state index contributed by atoms with van der Waals surface area (Å²) in [6, 6.07) is 43.1. The number of alkyl halides is 3. The monoisotopic (exact) mass is 1780 g/mol. The Balaban J connectivity index is 0.000000116. The molecule has 6 N–H and O–H groups in total. The van der Waals surface area contributed by atoms with Gasteiger partial charge in [-0.15, -0.1) is 0 Å². The predicted molar refractivity (Wildman–Crippen MR) is 444 cm³/mol. The van der Waals surface area contributed by atoms with Gasteiger partial charge in [-0.2, -0.15) is 18.2 Å². The number of carbonyl (C=O) groups excluding carboxylic acids is 5. The van der Waals surface area contributed by atoms with Crippen LogP contribution in [0.25, 0.3) is 11.2 Å². The number of aromatic nitrogens is 7. The zero-order valence-electron chi connectivity index (χ0n) is 67.5. The molecule has 12 atom stereocenters. The van der Waals surface area contributed by atoms with E-state index in [0.29, 0.717) is 80.7 Å². The zero-order valence-corrected chi connectivity index (χ0v) is 68.3. The number of pyridine rings is 3. The third-order valence-electron chi connectivity index (χ3n) is 23.5. The Labute approximate surface area is 731 Å². The van der Waals surface area contributed by atoms with Crippen molar-refractivity contribution in [3.05, 3.63) is 309 Å². The molecule has 8 aromatic carbocycles. The number of H-pyrrole nitrogens is 1. The second-order valence-corrected chi connectivity index (χ2v) is 32.6. The van der Waals surface area contributed by atoms with E-state index in [1.165, 1.54) is 56.2 Å². The Morgan fingerprint density at radius 1 is 0.419 bits per heavy atom. The smallest absolute Gasteiger partial charge is 0.417 e. The fourth-order valence-corrected chi connectivity index (χ4v) is 17.4. The molecule has 34 heteroatoms. The average molecular weight is 1790 g/mol. The first kappa shape index (κ1) is 85.3. The van der Waals surface area contributed by atoms with Gasteiger partial charge in [-0.3, -0.25) is 29.0 Å². The van der Waals surface area contributed by atoms with Gasteiger partial charge in [0.1, 0.15) is 169 Å². The van der Waals surface area contributed by atoms with Crippen LogP contribution in [0.2, 0.25) is 5.02 Å². The standard InChI is InChI=1S/C26H20ClF3N2O4.C23H17F3N2O3.C23H16F2N4O3.C23H18F2N2O3/c1-31-25(34)21-12-16(6-7-32-21)35-15-3-5-22-17(11-15)23-18(24(23)36-22)10-14(33)8-13-2-4-20(27)19(9-13)26(28,29)30;24-17-10-19(26)18(25)6-11(17)5-12(29)7-16-22-15-8-13(1-2-20(15)31-23(16)22)30-14-3-4-28-21(27)9-14;24-12-2-1-11(17(25)6-12)5-13(30)7-16-19-15-8-14(3-4-18(15)32-21(16)19)31-23-20-22(27-9-26-20)28-10-29-23;24-13-2-1-12(19(25)8-13)7-14(28)9-18-22-17-10-15(3-4-20(17)30-23(18)22)29-16-5-6-27-21(26)11-16/h2-7,9,11-12,18,23-24H,8,10H2,1H3,(H,31,34);1-4,6,8-10,16,22-23H,5,7H2,(H2,27,28);1-4,6,8-10,16,19,21H,5,7H2,(H,26,27,28,29);1-6,8,10-11,18,22-23H,7,9H2,(H2,26,27)/t18-,23-,24+;16-,22-,23+;16-,19-,21+;18-,22-,23+/m0000/s1. The van der Waals surface area contributed by atoms with Crippen LogP contribution in [-0.2, 0) is 51.0 Å². The van der Waals surface area contributed by atoms with Gasteiger partial charge in [0, 0.05) is 183 Å². The highest BCUT2D eigenvalue weighted by Crippen LogP contribution is 2.64. The summed E-state index contributed by atoms with van der Waals surface area (Å²) in [4.78, 5) is 88.9. The van der Waals surface area contributed by atoms with Crippen molar-refractivity contribution in [1.82, 2.24) is 40.2 Å². The molecular formula is C95H71ClF10N10O13. The molecule has 4 fully saturated rings. The maximum absolute atomic E-state index is 13.8. The number of fused-ring (bicyclic) bond motifs is 13. The van der Waals surface area contributed by atoms with Crippen molar-refractivity contribution in [1.29, 1.82) is 0 Å². The predicted octanol–water partition coefficient (Wildman–Crippen LogP) is 18.6. The van der Waals surface area contributed by atoms with Crippen LogP contribution in [0.3, 0.4) is 0 Å². The van der Waals surface area contributed by atoms with Crippen LogP contribution < -0.4 is 54.7 Å². The van der Waals surface area contributed by atoms with Gasteiger partial charge in [-0.05, 0) is 144 Å². The highest BCUT2D eigenvalue weighted by Gasteiger charge is 2.62. The lowest BCUT2D eigenvalue weighted by atomic mass is 10.0. The van der Waals surface area contributed by atoms with Gasteiger partial charge in [0.25, 0.3) is 5.91 Å². The van der Waals surface area contributed by atoms with Gasteiger partial charge < -0.3 is 59.7 Å². The van der Waals surface area contributed by atoms with Crippen LogP contribution >= 0.6 is 11.6 Å². The molecule has 5 aromatic heterocycles. The van der Waals surface area contributed by atoms with E-state index in [-0.39, 0.29) is 180 Å². The number of amides is 1. The molecule has 0 saturated heterocycles. The lowest BCUT2D eigenvalue weighted by molar-refractivity contribution is -0.137. The quantitative estimate of drug-likeness (QED) is 0.0305. The molecule has 1 amide bonds. The lowest BCUT2D eigenvalue weighted by Gasteiger charge is -2.12. The molecule has 656 valence electrons. The number of nitrogens with two attached hydrogens (primary N) is 2. The Bertz CT molecular complexity index is 6650. The number of nitrogens with one attached hydrogen (secondary N) is 2. The molecule has 4 aliphatic heterocycles. The van der Waals surface area contributed by atoms with Crippen molar-refractivity contribution in [3.8, 4) is 69.1 Å². The van der Waals surface area contributed by atoms with Gasteiger partial charge in [-0.25, -0.2) is 50.7 Å². The second-order valence-electron chi connectivity index (χ2n) is 32.2. The molecular weight excluding hydrogens is 1710 g/mol. The molecule has 9 heterocycles. The van der Waals surface area contributed by atoms with Crippen molar-refractivity contribution in [3.63, 3.8) is 0 Å². The summed E-state index contributed by atoms with van der Waals surface area (Å²) in [5, 5.41) is 2.11. The third-order valence-corrected chi connectivity index (χ3v) is 23.8. The number of carbonyl (C=O) groups is 5. The number of rotatable bonds is 25. The number of ketones is 4. The van der Waals surface area contributed by atoms with E-state index < -0.39 is 57.5 Å². The summed E-state index contributed by atoms with van der Waals surface area (Å²) in [7, 11) is 1.51. The molecule has 0 unspecified atom stereocenters. The first-order chi connectivity index (χ1) is 62.1. The van der Waals surface area contributed by atoms with Gasteiger partial charge >= 0.3 is 6.18 Å². The van der Waals surface area contributed by atoms with Crippen LogP contribution in [0.4, 0.5) is 55.5 Å². The fraction of sp³-hybridized carbons (Fsp3) is 0.232. The number of nitrogens with zero attached hydrogens (tertiary/aromatic N) is 6. The Hall–Kier alpha value is -14.5. The van der Waals surface area contributed by atoms with E-state index in [1.807, 2.05) is 48.5 Å². The van der Waals surface area contributed by atoms with Crippen LogP contribution in [-0.4, -0.2) is 95.4 Å². The molecule has 0 bridgehead atoms. The van der Waals surface area contributed by atoms with E-state index in [1.54, 1.807) is 67.0 Å². The normalized spacial score (nSPS) is 20.3. The van der Waals surface area contributed by atoms with Crippen molar-refractivity contribution in [2.45, 2.75) is 106 Å². The first-order valence-corrected chi connectivity index (χ1v) is 41.1. The minimum atomic E-state index is -4.58. The lowest BCUT2D eigenvalue weighted by Crippen LogP contribution is -2.18. The molecule has 23 nitrogen and oxygen atoms in total. The number of hydrogen-bond donors (Lipinski definition) is 4. The maximum atomic E-state index is 13.8. The third kappa shape index (κ3) is 18.7. The molecule has 13 aromatic rings. The van der Waals surface area contributed by atoms with E-state index in [9.17, 15) is 67.9 Å². The molecule has 4 aliphatic carbocycles. The topological polar surface area (TPSA) is 316 Å². The minimum absolute atomic E-state index is 0.0160. The number of nitrogen functional groups attached to an aromatic ring is 2. The second kappa shape index (κ2) is 35.0. The van der Waals surface area contributed by atoms with E-state index in [4.69, 9.17) is 61.0 Å². The van der Waals surface area contributed by atoms with E-state index in [2.05, 4.69) is 40.2 Å². The minimum Gasteiger partial charge on any atom is -0.489 e. The summed E-state index contributed by atoms with van der Waals surface area (Å²) >= 11 is 5.66. The number of Topliss-reactive ketones (excluding diaryl/α,β-unsaturated/α-hetero) is 4. The zero-order chi connectivity index (χ0) is 90.0. The van der Waals surface area contributed by atoms with Gasteiger partial charge in [0.05, 0.1) is 16.9 Å². The SMILES string of the molecule is CNC(=O)c1cc(Oc2ccc3c(c2)[C@H]2[C@H](CC(=O)Cc4ccc(Cl)c(C(F)(F)F)c4)[C@H]2O3)ccn1.Nc1cc(Oc2ccc3c(c2)[C@H]2[C@H](CC(=O)Cc4cc(F)c(F)cc4F)[C@H]2O3)ccn1.Nc1cc(Oc2ccc3c(c2)[C@H]2[C@H](CC(=O)Cc4ccc(F)cc4F)[C@H]2O3)ccn1.O=C(Cc1ccc(F)cc1F)C[C@@H]1[C@H]2Oc3ccc(Oc4ncnc5nc[nH]c45)cc3[C@@H]12. The molecule has 8 aliphatic rings. The van der Waals surface area contributed by atoms with E-state index >= 15 is 0 Å². The van der Waals surface area contributed by atoms with Gasteiger partial charge in [-0.1, -0.05) is 29.8 Å². The fourth-order valence-electron chi connectivity index (χ4n) is 17.2. The van der Waals surface area contributed by atoms with Crippen LogP contribution in [0.15, 0.2) is 207 Å². The van der Waals surface area contributed by atoms with Crippen LogP contribution in [0.5, 0.6) is 69.1 Å². The molecule has 129 heavy (non-hydrogen) atoms. The Morgan fingerprint density at radius 2 is 0.822 bits per heavy atom. The van der Waals surface area contributed by atoms with Crippen LogP contribution in [0.1, 0.15) is 110 Å². The summed E-state index contributed by atoms with van der Waals surface area (Å²) in [6.45, 7) is 0. The highest BCUT2D eigenvalue weighted by atomic mass is 35.5. The maximum Gasteiger partial charge on any atom is 0.417 e. The van der Waals surface area contributed by atoms with E-state index in [0.717, 1.165) is 75.9 Å². The van der Waals surface area contributed by atoms with Crippen LogP contribution in [0, 0.1) is 64.4 Å². The number of aromatic amines is 1. The number of ether oxygens (including phenoxy) is 8. The molecule has 0 radical (unpaired) electrons. The molecule has 4 saturated carbocycles. The first-order valence-electron chi connectivity index (χ1n) is 40.7. The Kier molecular flexibility index (Phi) is 23.2. The summed E-state index contributed by atoms with van der Waals surface area (Å²) in [6.07, 6.45) is 2.96. The van der Waals surface area contributed by atoms with Gasteiger partial charge in [0.2, 0.25) is 5.88 Å². The number of halogens is 11. The van der Waals surface area contributed by atoms with Crippen molar-refractivity contribution >= 4 is 63.4 Å².